The molecule has 1 atom stereocenters. The average molecular weight is 286 g/mol. The van der Waals surface area contributed by atoms with Crippen LogP contribution in [0.3, 0.4) is 0 Å². The van der Waals surface area contributed by atoms with Crippen molar-refractivity contribution in [2.75, 3.05) is 13.1 Å². The van der Waals surface area contributed by atoms with Crippen LogP contribution < -0.4 is 11.1 Å². The second-order valence-electron chi connectivity index (χ2n) is 6.38. The Labute approximate surface area is 122 Å². The Morgan fingerprint density at radius 3 is 2.40 bits per heavy atom. The first kappa shape index (κ1) is 18.9. The summed E-state index contributed by atoms with van der Waals surface area (Å²) in [5.74, 6) is -0.372. The van der Waals surface area contributed by atoms with Gasteiger partial charge >= 0.3 is 5.97 Å². The maximum Gasteiger partial charge on any atom is 0.303 e. The fourth-order valence-electron chi connectivity index (χ4n) is 2.03. The lowest BCUT2D eigenvalue weighted by molar-refractivity contribution is -0.137. The van der Waals surface area contributed by atoms with Crippen LogP contribution in [-0.2, 0) is 9.59 Å². The molecule has 0 aliphatic heterocycles. The molecule has 118 valence electrons. The number of hydrogen-bond acceptors (Lipinski definition) is 3. The zero-order valence-corrected chi connectivity index (χ0v) is 13.1. The molecule has 0 radical (unpaired) electrons. The maximum absolute atomic E-state index is 11.7. The number of aliphatic carboxylic acids is 1. The van der Waals surface area contributed by atoms with Crippen LogP contribution in [0.25, 0.3) is 0 Å². The highest BCUT2D eigenvalue weighted by molar-refractivity contribution is 5.75. The number of carbonyl (C=O) groups excluding carboxylic acids is 1. The standard InChI is InChI=1S/C15H30N2O3/c1-12(4-5-14(19)20)7-11-17-13(18)6-8-15(2,3)9-10-16/h12H,4-11,16H2,1-3H3,(H,17,18)(H,19,20). The monoisotopic (exact) mass is 286 g/mol. The van der Waals surface area contributed by atoms with Crippen molar-refractivity contribution in [2.24, 2.45) is 17.1 Å². The van der Waals surface area contributed by atoms with Gasteiger partial charge in [-0.25, -0.2) is 0 Å². The summed E-state index contributed by atoms with van der Waals surface area (Å²) in [5.41, 5.74) is 5.65. The molecule has 0 aromatic carbocycles. The van der Waals surface area contributed by atoms with Gasteiger partial charge in [-0.3, -0.25) is 9.59 Å². The first-order chi connectivity index (χ1) is 9.26. The number of nitrogens with two attached hydrogens (primary N) is 1. The number of rotatable bonds is 11. The van der Waals surface area contributed by atoms with E-state index in [1.807, 2.05) is 6.92 Å². The van der Waals surface area contributed by atoms with E-state index >= 15 is 0 Å². The van der Waals surface area contributed by atoms with Gasteiger partial charge in [0.05, 0.1) is 0 Å². The van der Waals surface area contributed by atoms with Gasteiger partial charge in [-0.1, -0.05) is 20.8 Å². The minimum absolute atomic E-state index is 0.0699. The molecule has 4 N–H and O–H groups in total. The molecule has 0 aliphatic rings. The summed E-state index contributed by atoms with van der Waals surface area (Å²) < 4.78 is 0. The number of carboxylic acid groups (broad SMARTS) is 1. The zero-order chi connectivity index (χ0) is 15.6. The van der Waals surface area contributed by atoms with Gasteiger partial charge in [0, 0.05) is 19.4 Å². The average Bonchev–Trinajstić information content (AvgIpc) is 2.34. The van der Waals surface area contributed by atoms with E-state index in [9.17, 15) is 9.59 Å². The number of carboxylic acids is 1. The summed E-state index contributed by atoms with van der Waals surface area (Å²) in [6, 6.07) is 0. The molecule has 0 heterocycles. The van der Waals surface area contributed by atoms with E-state index in [-0.39, 0.29) is 17.7 Å². The van der Waals surface area contributed by atoms with Crippen LogP contribution in [0.4, 0.5) is 0 Å². The lowest BCUT2D eigenvalue weighted by Crippen LogP contribution is -2.27. The summed E-state index contributed by atoms with van der Waals surface area (Å²) in [5, 5.41) is 11.5. The maximum atomic E-state index is 11.7. The summed E-state index contributed by atoms with van der Waals surface area (Å²) in [4.78, 5) is 22.1. The van der Waals surface area contributed by atoms with Gasteiger partial charge in [0.15, 0.2) is 0 Å². The molecular formula is C15H30N2O3. The lowest BCUT2D eigenvalue weighted by Gasteiger charge is -2.23. The molecule has 0 bridgehead atoms. The molecule has 0 aliphatic carbocycles. The Hall–Kier alpha value is -1.10. The Kier molecular flexibility index (Phi) is 9.21. The van der Waals surface area contributed by atoms with E-state index < -0.39 is 5.97 Å². The molecule has 1 amide bonds. The summed E-state index contributed by atoms with van der Waals surface area (Å²) in [6.07, 6.45) is 3.97. The predicted octanol–water partition coefficient (Wildman–Crippen LogP) is 2.15. The number of carbonyl (C=O) groups is 2. The second-order valence-corrected chi connectivity index (χ2v) is 6.38. The van der Waals surface area contributed by atoms with Crippen molar-refractivity contribution in [1.82, 2.24) is 5.32 Å². The topological polar surface area (TPSA) is 92.4 Å². The molecular weight excluding hydrogens is 256 g/mol. The number of amides is 1. The van der Waals surface area contributed by atoms with E-state index in [2.05, 4.69) is 19.2 Å². The largest absolute Gasteiger partial charge is 0.481 e. The van der Waals surface area contributed by atoms with Crippen LogP contribution in [-0.4, -0.2) is 30.1 Å². The van der Waals surface area contributed by atoms with Gasteiger partial charge < -0.3 is 16.2 Å². The normalized spacial score (nSPS) is 13.0. The second kappa shape index (κ2) is 9.75. The van der Waals surface area contributed by atoms with E-state index in [4.69, 9.17) is 10.8 Å². The van der Waals surface area contributed by atoms with Gasteiger partial charge in [0.25, 0.3) is 0 Å². The molecule has 5 nitrogen and oxygen atoms in total. The molecule has 0 aromatic heterocycles. The molecule has 1 unspecified atom stereocenters. The van der Waals surface area contributed by atoms with Gasteiger partial charge in [-0.2, -0.15) is 0 Å². The van der Waals surface area contributed by atoms with E-state index in [1.165, 1.54) is 0 Å². The molecule has 0 saturated carbocycles. The van der Waals surface area contributed by atoms with Crippen LogP contribution in [0.5, 0.6) is 0 Å². The minimum Gasteiger partial charge on any atom is -0.481 e. The molecule has 0 aromatic rings. The predicted molar refractivity (Wildman–Crippen MR) is 80.3 cm³/mol. The first-order valence-corrected chi connectivity index (χ1v) is 7.45. The Morgan fingerprint density at radius 1 is 1.20 bits per heavy atom. The number of nitrogens with one attached hydrogen (secondary N) is 1. The molecule has 0 saturated heterocycles. The highest BCUT2D eigenvalue weighted by atomic mass is 16.4. The Balaban J connectivity index is 3.70. The van der Waals surface area contributed by atoms with Crippen LogP contribution in [0, 0.1) is 11.3 Å². The van der Waals surface area contributed by atoms with Crippen molar-refractivity contribution < 1.29 is 14.7 Å². The van der Waals surface area contributed by atoms with E-state index in [1.54, 1.807) is 0 Å². The third-order valence-corrected chi connectivity index (χ3v) is 3.66. The van der Waals surface area contributed by atoms with E-state index in [0.717, 1.165) is 19.3 Å². The molecule has 0 spiro atoms. The molecule has 5 heteroatoms. The Bertz CT molecular complexity index is 303. The van der Waals surface area contributed by atoms with Gasteiger partial charge in [0.2, 0.25) is 5.91 Å². The smallest absolute Gasteiger partial charge is 0.303 e. The van der Waals surface area contributed by atoms with Gasteiger partial charge in [-0.15, -0.1) is 0 Å². The van der Waals surface area contributed by atoms with Crippen molar-refractivity contribution in [3.05, 3.63) is 0 Å². The lowest BCUT2D eigenvalue weighted by atomic mass is 9.84. The Morgan fingerprint density at radius 2 is 1.85 bits per heavy atom. The summed E-state index contributed by atoms with van der Waals surface area (Å²) >= 11 is 0. The fraction of sp³-hybridized carbons (Fsp3) is 0.867. The third-order valence-electron chi connectivity index (χ3n) is 3.66. The van der Waals surface area contributed by atoms with Crippen LogP contribution >= 0.6 is 0 Å². The summed E-state index contributed by atoms with van der Waals surface area (Å²) in [7, 11) is 0. The van der Waals surface area contributed by atoms with Crippen LogP contribution in [0.2, 0.25) is 0 Å². The van der Waals surface area contributed by atoms with Crippen molar-refractivity contribution in [2.45, 2.75) is 59.3 Å². The minimum atomic E-state index is -0.761. The van der Waals surface area contributed by atoms with Crippen molar-refractivity contribution in [3.8, 4) is 0 Å². The van der Waals surface area contributed by atoms with Gasteiger partial charge in [-0.05, 0) is 43.6 Å². The fourth-order valence-corrected chi connectivity index (χ4v) is 2.03. The molecule has 0 fully saturated rings. The quantitative estimate of drug-likeness (QED) is 0.542. The van der Waals surface area contributed by atoms with E-state index in [0.29, 0.717) is 31.8 Å². The highest BCUT2D eigenvalue weighted by Gasteiger charge is 2.18. The third kappa shape index (κ3) is 10.8. The zero-order valence-electron chi connectivity index (χ0n) is 13.1. The van der Waals surface area contributed by atoms with Gasteiger partial charge in [0.1, 0.15) is 0 Å². The SMILES string of the molecule is CC(CCNC(=O)CCC(C)(C)CCN)CCC(=O)O. The summed E-state index contributed by atoms with van der Waals surface area (Å²) in [6.45, 7) is 7.54. The van der Waals surface area contributed by atoms with Crippen molar-refractivity contribution >= 4 is 11.9 Å². The van der Waals surface area contributed by atoms with Crippen molar-refractivity contribution in [1.29, 1.82) is 0 Å². The van der Waals surface area contributed by atoms with Crippen LogP contribution in [0.15, 0.2) is 0 Å². The molecule has 0 rings (SSSR count). The highest BCUT2D eigenvalue weighted by Crippen LogP contribution is 2.25. The first-order valence-electron chi connectivity index (χ1n) is 7.45. The van der Waals surface area contributed by atoms with Crippen molar-refractivity contribution in [3.63, 3.8) is 0 Å². The molecule has 20 heavy (non-hydrogen) atoms. The van der Waals surface area contributed by atoms with Crippen LogP contribution in [0.1, 0.15) is 59.3 Å². The number of hydrogen-bond donors (Lipinski definition) is 3.